The summed E-state index contributed by atoms with van der Waals surface area (Å²) in [5, 5.41) is 13.3. The molecule has 1 aromatic rings. The van der Waals surface area contributed by atoms with Crippen molar-refractivity contribution in [1.82, 2.24) is 19.6 Å². The molecule has 0 unspecified atom stereocenters. The molecule has 0 radical (unpaired) electrons. The molecule has 2 rings (SSSR count). The number of carbonyl (C=O) groups excluding carboxylic acids is 1. The summed E-state index contributed by atoms with van der Waals surface area (Å²) in [6, 6.07) is 2.62. The molecule has 2 heterocycles. The highest BCUT2D eigenvalue weighted by molar-refractivity contribution is 5.77. The third-order valence-corrected chi connectivity index (χ3v) is 5.50. The Kier molecular flexibility index (Phi) is 6.60. The Morgan fingerprint density at radius 2 is 2.08 bits per heavy atom. The van der Waals surface area contributed by atoms with Crippen molar-refractivity contribution in [3.63, 3.8) is 0 Å². The van der Waals surface area contributed by atoms with Crippen LogP contribution in [0.2, 0.25) is 0 Å². The molecule has 0 aliphatic carbocycles. The standard InChI is InChI=1S/C19H31N5O/c1-6-16-12-23(13-18(16)22(4)5)19(25)9-8-17-14(2)21-24(15(17)3)11-7-10-20/h16,18H,6-9,11-13H2,1-5H3/t16-,18-/m0/s1. The summed E-state index contributed by atoms with van der Waals surface area (Å²) < 4.78 is 1.89. The number of aromatic nitrogens is 2. The van der Waals surface area contributed by atoms with E-state index in [0.29, 0.717) is 31.3 Å². The van der Waals surface area contributed by atoms with Gasteiger partial charge in [-0.05, 0) is 45.8 Å². The zero-order chi connectivity index (χ0) is 18.6. The SMILES string of the molecule is CC[C@H]1CN(C(=O)CCc2c(C)nn(CCC#N)c2C)C[C@@H]1N(C)C. The van der Waals surface area contributed by atoms with Crippen LogP contribution >= 0.6 is 0 Å². The van der Waals surface area contributed by atoms with Crippen molar-refractivity contribution >= 4 is 5.91 Å². The van der Waals surface area contributed by atoms with Gasteiger partial charge in [-0.15, -0.1) is 0 Å². The van der Waals surface area contributed by atoms with Crippen LogP contribution in [0.5, 0.6) is 0 Å². The third kappa shape index (κ3) is 4.40. The smallest absolute Gasteiger partial charge is 0.222 e. The molecule has 25 heavy (non-hydrogen) atoms. The molecule has 1 amide bonds. The van der Waals surface area contributed by atoms with Crippen LogP contribution in [0, 0.1) is 31.1 Å². The summed E-state index contributed by atoms with van der Waals surface area (Å²) in [4.78, 5) is 17.0. The number of hydrogen-bond donors (Lipinski definition) is 0. The van der Waals surface area contributed by atoms with Crippen LogP contribution in [0.15, 0.2) is 0 Å². The maximum Gasteiger partial charge on any atom is 0.222 e. The van der Waals surface area contributed by atoms with Crippen molar-refractivity contribution < 1.29 is 4.79 Å². The van der Waals surface area contributed by atoms with E-state index in [2.05, 4.69) is 37.1 Å². The number of nitriles is 1. The van der Waals surface area contributed by atoms with Gasteiger partial charge in [0.25, 0.3) is 0 Å². The molecular weight excluding hydrogens is 314 g/mol. The fraction of sp³-hybridized carbons (Fsp3) is 0.737. The number of nitrogens with zero attached hydrogens (tertiary/aromatic N) is 5. The first kappa shape index (κ1) is 19.5. The molecule has 1 fully saturated rings. The van der Waals surface area contributed by atoms with E-state index in [1.54, 1.807) is 0 Å². The second-order valence-corrected chi connectivity index (χ2v) is 7.28. The highest BCUT2D eigenvalue weighted by Crippen LogP contribution is 2.24. The largest absolute Gasteiger partial charge is 0.341 e. The van der Waals surface area contributed by atoms with Crippen molar-refractivity contribution in [1.29, 1.82) is 5.26 Å². The fourth-order valence-corrected chi connectivity index (χ4v) is 3.90. The Hall–Kier alpha value is -1.87. The van der Waals surface area contributed by atoms with Crippen molar-refractivity contribution in [2.24, 2.45) is 5.92 Å². The number of hydrogen-bond acceptors (Lipinski definition) is 4. The number of aryl methyl sites for hydroxylation is 2. The molecule has 6 heteroatoms. The summed E-state index contributed by atoms with van der Waals surface area (Å²) >= 11 is 0. The van der Waals surface area contributed by atoms with Crippen molar-refractivity contribution in [2.45, 2.75) is 59.0 Å². The number of amides is 1. The second-order valence-electron chi connectivity index (χ2n) is 7.28. The lowest BCUT2D eigenvalue weighted by molar-refractivity contribution is -0.130. The Balaban J connectivity index is 1.97. The summed E-state index contributed by atoms with van der Waals surface area (Å²) in [5.74, 6) is 0.808. The highest BCUT2D eigenvalue weighted by atomic mass is 16.2. The van der Waals surface area contributed by atoms with Gasteiger partial charge in [0, 0.05) is 31.2 Å². The van der Waals surface area contributed by atoms with Gasteiger partial charge in [-0.3, -0.25) is 9.48 Å². The highest BCUT2D eigenvalue weighted by Gasteiger charge is 2.35. The molecule has 1 saturated heterocycles. The minimum absolute atomic E-state index is 0.242. The summed E-state index contributed by atoms with van der Waals surface area (Å²) in [7, 11) is 4.20. The normalized spacial score (nSPS) is 20.3. The Labute approximate surface area is 151 Å². The van der Waals surface area contributed by atoms with Gasteiger partial charge >= 0.3 is 0 Å². The molecule has 0 bridgehead atoms. The molecule has 6 nitrogen and oxygen atoms in total. The van der Waals surface area contributed by atoms with Crippen molar-refractivity contribution in [3.05, 3.63) is 17.0 Å². The minimum atomic E-state index is 0.242. The van der Waals surface area contributed by atoms with Crippen LogP contribution in [-0.2, 0) is 17.8 Å². The predicted molar refractivity (Wildman–Crippen MR) is 98.1 cm³/mol. The molecule has 1 aliphatic heterocycles. The van der Waals surface area contributed by atoms with Crippen LogP contribution in [0.1, 0.15) is 43.1 Å². The first-order valence-corrected chi connectivity index (χ1v) is 9.23. The lowest BCUT2D eigenvalue weighted by atomic mass is 10.0. The average molecular weight is 345 g/mol. The van der Waals surface area contributed by atoms with E-state index in [1.807, 2.05) is 23.4 Å². The molecule has 138 valence electrons. The first-order valence-electron chi connectivity index (χ1n) is 9.23. The van der Waals surface area contributed by atoms with Crippen molar-refractivity contribution in [2.75, 3.05) is 27.2 Å². The quantitative estimate of drug-likeness (QED) is 0.759. The van der Waals surface area contributed by atoms with E-state index in [4.69, 9.17) is 5.26 Å². The maximum atomic E-state index is 12.7. The predicted octanol–water partition coefficient (Wildman–Crippen LogP) is 2.14. The monoisotopic (exact) mass is 345 g/mol. The molecule has 0 aromatic carbocycles. The van der Waals surface area contributed by atoms with Gasteiger partial charge in [-0.25, -0.2) is 0 Å². The summed E-state index contributed by atoms with van der Waals surface area (Å²) in [6.45, 7) is 8.55. The fourth-order valence-electron chi connectivity index (χ4n) is 3.90. The number of rotatable bonds is 7. The van der Waals surface area contributed by atoms with Gasteiger partial charge in [0.05, 0.1) is 24.7 Å². The van der Waals surface area contributed by atoms with Gasteiger partial charge in [0.15, 0.2) is 0 Å². The van der Waals surface area contributed by atoms with E-state index < -0.39 is 0 Å². The maximum absolute atomic E-state index is 12.7. The lowest BCUT2D eigenvalue weighted by Gasteiger charge is -2.23. The van der Waals surface area contributed by atoms with Gasteiger partial charge in [-0.1, -0.05) is 13.3 Å². The number of likely N-dealkylation sites (N-methyl/N-ethyl adjacent to an activating group) is 1. The van der Waals surface area contributed by atoms with E-state index in [9.17, 15) is 4.79 Å². The zero-order valence-corrected chi connectivity index (χ0v) is 16.2. The topological polar surface area (TPSA) is 65.2 Å². The molecular formula is C19H31N5O. The lowest BCUT2D eigenvalue weighted by Crippen LogP contribution is -2.36. The Morgan fingerprint density at radius 3 is 2.64 bits per heavy atom. The van der Waals surface area contributed by atoms with Gasteiger partial charge < -0.3 is 9.80 Å². The summed E-state index contributed by atoms with van der Waals surface area (Å²) in [5.41, 5.74) is 3.21. The molecule has 1 aromatic heterocycles. The van der Waals surface area contributed by atoms with E-state index in [-0.39, 0.29) is 5.91 Å². The van der Waals surface area contributed by atoms with Crippen molar-refractivity contribution in [3.8, 4) is 6.07 Å². The number of carbonyl (C=O) groups is 1. The molecule has 1 aliphatic rings. The molecule has 0 N–H and O–H groups in total. The zero-order valence-electron chi connectivity index (χ0n) is 16.2. The van der Waals surface area contributed by atoms with Crippen LogP contribution < -0.4 is 0 Å². The van der Waals surface area contributed by atoms with Crippen LogP contribution in [-0.4, -0.2) is 58.7 Å². The van der Waals surface area contributed by atoms with Gasteiger partial charge in [0.2, 0.25) is 5.91 Å². The first-order chi connectivity index (χ1) is 11.9. The molecule has 0 saturated carbocycles. The van der Waals surface area contributed by atoms with Gasteiger partial charge in [0.1, 0.15) is 0 Å². The molecule has 0 spiro atoms. The second kappa shape index (κ2) is 8.48. The average Bonchev–Trinajstić information content (AvgIpc) is 3.13. The third-order valence-electron chi connectivity index (χ3n) is 5.50. The Bertz CT molecular complexity index is 643. The minimum Gasteiger partial charge on any atom is -0.341 e. The number of likely N-dealkylation sites (tertiary alicyclic amines) is 1. The van der Waals surface area contributed by atoms with E-state index in [1.165, 1.54) is 0 Å². The van der Waals surface area contributed by atoms with Crippen LogP contribution in [0.25, 0.3) is 0 Å². The van der Waals surface area contributed by atoms with Gasteiger partial charge in [-0.2, -0.15) is 10.4 Å². The molecule has 2 atom stereocenters. The van der Waals surface area contributed by atoms with E-state index >= 15 is 0 Å². The Morgan fingerprint density at radius 1 is 1.36 bits per heavy atom. The summed E-state index contributed by atoms with van der Waals surface area (Å²) in [6.07, 6.45) is 2.82. The van der Waals surface area contributed by atoms with Crippen LogP contribution in [0.4, 0.5) is 0 Å². The van der Waals surface area contributed by atoms with Crippen LogP contribution in [0.3, 0.4) is 0 Å². The van der Waals surface area contributed by atoms with E-state index in [0.717, 1.165) is 42.9 Å².